The summed E-state index contributed by atoms with van der Waals surface area (Å²) in [5.41, 5.74) is 8.05. The third kappa shape index (κ3) is 5.36. The average Bonchev–Trinajstić information content (AvgIpc) is 2.56. The Morgan fingerprint density at radius 3 is 2.25 bits per heavy atom. The lowest BCUT2D eigenvalue weighted by atomic mass is 9.91. The lowest BCUT2D eigenvalue weighted by Crippen LogP contribution is -2.58. The van der Waals surface area contributed by atoms with Gasteiger partial charge in [0.25, 0.3) is 0 Å². The minimum atomic E-state index is -2.03. The van der Waals surface area contributed by atoms with Crippen LogP contribution in [0.1, 0.15) is 52.7 Å². The Kier molecular flexibility index (Phi) is 6.68. The van der Waals surface area contributed by atoms with Crippen LogP contribution in [-0.4, -0.2) is 43.6 Å². The number of hydrogen-bond donors (Lipinski definition) is 1. The van der Waals surface area contributed by atoms with Crippen LogP contribution in [-0.2, 0) is 22.1 Å². The molecule has 1 amide bonds. The highest BCUT2D eigenvalue weighted by Crippen LogP contribution is 2.38. The zero-order chi connectivity index (χ0) is 21.3. The van der Waals surface area contributed by atoms with Crippen LogP contribution in [0.2, 0.25) is 18.1 Å². The molecule has 2 N–H and O–H groups in total. The molecule has 0 bridgehead atoms. The number of rotatable bonds is 4. The number of carbonyl (C=O) groups is 1. The molecular weight excluding hydrogens is 368 g/mol. The van der Waals surface area contributed by atoms with Gasteiger partial charge >= 0.3 is 6.09 Å². The minimum absolute atomic E-state index is 0.0732. The Morgan fingerprint density at radius 1 is 1.18 bits per heavy atom. The van der Waals surface area contributed by atoms with Crippen molar-refractivity contribution in [3.63, 3.8) is 0 Å². The van der Waals surface area contributed by atoms with Crippen LogP contribution in [0.5, 0.6) is 0 Å². The van der Waals surface area contributed by atoms with Crippen molar-refractivity contribution in [3.05, 3.63) is 35.4 Å². The summed E-state index contributed by atoms with van der Waals surface area (Å²) in [5.74, 6) is 0. The Labute approximate surface area is 171 Å². The largest absolute Gasteiger partial charge is 0.444 e. The molecule has 1 aliphatic rings. The molecule has 0 radical (unpaired) electrons. The van der Waals surface area contributed by atoms with Crippen molar-refractivity contribution in [1.82, 2.24) is 4.90 Å². The molecule has 1 aliphatic heterocycles. The Morgan fingerprint density at radius 2 is 1.75 bits per heavy atom. The Bertz CT molecular complexity index is 692. The van der Waals surface area contributed by atoms with Gasteiger partial charge in [0, 0.05) is 13.1 Å². The first-order valence-electron chi connectivity index (χ1n) is 10.2. The van der Waals surface area contributed by atoms with Gasteiger partial charge in [0.05, 0.1) is 12.1 Å². The zero-order valence-electron chi connectivity index (χ0n) is 18.8. The van der Waals surface area contributed by atoms with E-state index in [1.165, 1.54) is 5.56 Å². The maximum atomic E-state index is 13.0. The average molecular weight is 407 g/mol. The lowest BCUT2D eigenvalue weighted by Gasteiger charge is -2.45. The van der Waals surface area contributed by atoms with E-state index in [0.717, 1.165) is 12.0 Å². The third-order valence-electron chi connectivity index (χ3n) is 5.83. The summed E-state index contributed by atoms with van der Waals surface area (Å²) in [6.07, 6.45) is 0.206. The molecule has 0 spiro atoms. The summed E-state index contributed by atoms with van der Waals surface area (Å²) >= 11 is 0. The zero-order valence-corrected chi connectivity index (χ0v) is 19.8. The molecule has 1 aromatic carbocycles. The molecule has 0 aliphatic carbocycles. The minimum Gasteiger partial charge on any atom is -0.444 e. The number of nitrogens with zero attached hydrogens (tertiary/aromatic N) is 1. The van der Waals surface area contributed by atoms with Gasteiger partial charge in [-0.05, 0) is 56.5 Å². The molecule has 28 heavy (non-hydrogen) atoms. The molecule has 0 aromatic heterocycles. The molecule has 2 atom stereocenters. The van der Waals surface area contributed by atoms with E-state index in [-0.39, 0.29) is 23.3 Å². The molecule has 0 saturated carbocycles. The molecule has 158 valence electrons. The van der Waals surface area contributed by atoms with Crippen molar-refractivity contribution in [3.8, 4) is 0 Å². The van der Waals surface area contributed by atoms with E-state index in [4.69, 9.17) is 14.9 Å². The first-order chi connectivity index (χ1) is 12.7. The van der Waals surface area contributed by atoms with Crippen LogP contribution in [0.15, 0.2) is 24.3 Å². The van der Waals surface area contributed by atoms with E-state index >= 15 is 0 Å². The fourth-order valence-electron chi connectivity index (χ4n) is 3.24. The van der Waals surface area contributed by atoms with Crippen molar-refractivity contribution >= 4 is 14.4 Å². The van der Waals surface area contributed by atoms with E-state index in [1.54, 1.807) is 0 Å². The van der Waals surface area contributed by atoms with Crippen molar-refractivity contribution < 1.29 is 14.0 Å². The molecule has 0 fully saturated rings. The van der Waals surface area contributed by atoms with Gasteiger partial charge in [-0.1, -0.05) is 45.0 Å². The maximum absolute atomic E-state index is 13.0. The highest BCUT2D eigenvalue weighted by Gasteiger charge is 2.43. The van der Waals surface area contributed by atoms with Crippen LogP contribution in [0, 0.1) is 0 Å². The van der Waals surface area contributed by atoms with E-state index in [0.29, 0.717) is 13.1 Å². The smallest absolute Gasteiger partial charge is 0.410 e. The second kappa shape index (κ2) is 8.17. The van der Waals surface area contributed by atoms with Crippen molar-refractivity contribution in [1.29, 1.82) is 0 Å². The van der Waals surface area contributed by atoms with Crippen LogP contribution in [0.25, 0.3) is 0 Å². The Balaban J connectivity index is 2.36. The van der Waals surface area contributed by atoms with E-state index in [9.17, 15) is 4.79 Å². The van der Waals surface area contributed by atoms with Gasteiger partial charge in [-0.2, -0.15) is 0 Å². The van der Waals surface area contributed by atoms with E-state index in [1.807, 2.05) is 37.8 Å². The summed E-state index contributed by atoms with van der Waals surface area (Å²) in [5, 5.41) is 0.0732. The van der Waals surface area contributed by atoms with Crippen LogP contribution >= 0.6 is 0 Å². The van der Waals surface area contributed by atoms with Crippen LogP contribution < -0.4 is 5.73 Å². The van der Waals surface area contributed by atoms with Crippen molar-refractivity contribution in [2.45, 2.75) is 90.4 Å². The first-order valence-corrected chi connectivity index (χ1v) is 13.1. The number of ether oxygens (including phenoxy) is 1. The van der Waals surface area contributed by atoms with Crippen molar-refractivity contribution in [2.24, 2.45) is 5.73 Å². The number of hydrogen-bond acceptors (Lipinski definition) is 4. The van der Waals surface area contributed by atoms with Gasteiger partial charge in [-0.3, -0.25) is 4.90 Å². The van der Waals surface area contributed by atoms with Gasteiger partial charge in [0.15, 0.2) is 8.32 Å². The topological polar surface area (TPSA) is 64.8 Å². The molecule has 6 heteroatoms. The second-order valence-corrected chi connectivity index (χ2v) is 15.1. The van der Waals surface area contributed by atoms with Gasteiger partial charge in [0.2, 0.25) is 0 Å². The van der Waals surface area contributed by atoms with Gasteiger partial charge in [-0.25, -0.2) is 4.79 Å². The second-order valence-electron chi connectivity index (χ2n) is 10.3. The fraction of sp³-hybridized carbons (Fsp3) is 0.682. The van der Waals surface area contributed by atoms with E-state index in [2.05, 4.69) is 46.0 Å². The molecule has 0 saturated heterocycles. The first kappa shape index (κ1) is 22.9. The molecule has 2 rings (SSSR count). The summed E-state index contributed by atoms with van der Waals surface area (Å²) in [6.45, 7) is 17.7. The predicted molar refractivity (Wildman–Crippen MR) is 117 cm³/mol. The Hall–Kier alpha value is -1.37. The summed E-state index contributed by atoms with van der Waals surface area (Å²) < 4.78 is 12.4. The number of fused-ring (bicyclic) bond motifs is 1. The van der Waals surface area contributed by atoms with Gasteiger partial charge in [0.1, 0.15) is 5.60 Å². The highest BCUT2D eigenvalue weighted by atomic mass is 28.4. The van der Waals surface area contributed by atoms with Gasteiger partial charge < -0.3 is 14.9 Å². The summed E-state index contributed by atoms with van der Waals surface area (Å²) in [6, 6.07) is 8.14. The summed E-state index contributed by atoms with van der Waals surface area (Å²) in [7, 11) is -2.03. The number of carbonyl (C=O) groups excluding carboxylic acids is 1. The maximum Gasteiger partial charge on any atom is 0.410 e. The quantitative estimate of drug-likeness (QED) is 0.736. The van der Waals surface area contributed by atoms with Crippen LogP contribution in [0.4, 0.5) is 4.79 Å². The molecular formula is C22H38N2O3Si. The fourth-order valence-corrected chi connectivity index (χ4v) is 4.60. The molecule has 1 aromatic rings. The lowest BCUT2D eigenvalue weighted by molar-refractivity contribution is -0.00774. The van der Waals surface area contributed by atoms with E-state index < -0.39 is 13.9 Å². The predicted octanol–water partition coefficient (Wildman–Crippen LogP) is 4.70. The normalized spacial score (nSPS) is 19.2. The number of benzene rings is 1. The summed E-state index contributed by atoms with van der Waals surface area (Å²) in [4.78, 5) is 14.9. The third-order valence-corrected chi connectivity index (χ3v) is 10.3. The number of nitrogens with two attached hydrogens (primary N) is 1. The highest BCUT2D eigenvalue weighted by molar-refractivity contribution is 6.74. The number of amides is 1. The van der Waals surface area contributed by atoms with Crippen molar-refractivity contribution in [2.75, 3.05) is 6.54 Å². The monoisotopic (exact) mass is 406 g/mol. The van der Waals surface area contributed by atoms with Gasteiger partial charge in [-0.15, -0.1) is 0 Å². The van der Waals surface area contributed by atoms with Crippen LogP contribution in [0.3, 0.4) is 0 Å². The standard InChI is InChI=1S/C22H38N2O3Si/c1-21(2,3)26-20(25)24-15-17-12-10-9-11-16(17)13-18(24)19(14-23)27-28(7,8)22(4,5)6/h9-12,18-19H,13-15,23H2,1-8H3/t18-,19+/m0/s1. The molecule has 0 unspecified atom stereocenters. The molecule has 5 nitrogen and oxygen atoms in total. The molecule has 1 heterocycles. The SMILES string of the molecule is CC(C)(C)OC(=O)N1Cc2ccccc2C[C@H]1[C@@H](CN)O[Si](C)(C)C(C)(C)C.